The fourth-order valence-corrected chi connectivity index (χ4v) is 1.76. The van der Waals surface area contributed by atoms with Gasteiger partial charge in [-0.05, 0) is 38.0 Å². The van der Waals surface area contributed by atoms with Crippen LogP contribution in [0.15, 0.2) is 24.3 Å². The van der Waals surface area contributed by atoms with E-state index in [0.717, 1.165) is 5.56 Å². The van der Waals surface area contributed by atoms with Crippen molar-refractivity contribution >= 4 is 17.8 Å². The topological polar surface area (TPSA) is 142 Å². The molecule has 0 aliphatic rings. The predicted molar refractivity (Wildman–Crippen MR) is 82.6 cm³/mol. The maximum Gasteiger partial charge on any atom is 0.325 e. The minimum absolute atomic E-state index is 0.115. The van der Waals surface area contributed by atoms with E-state index in [0.29, 0.717) is 0 Å². The zero-order valence-corrected chi connectivity index (χ0v) is 12.9. The minimum Gasteiger partial charge on any atom is -0.508 e. The molecule has 8 heteroatoms. The van der Waals surface area contributed by atoms with Crippen LogP contribution in [0.3, 0.4) is 0 Å². The molecular weight excluding hydrogens is 302 g/mol. The molecule has 0 bridgehead atoms. The summed E-state index contributed by atoms with van der Waals surface area (Å²) in [6, 6.07) is 3.45. The maximum atomic E-state index is 12.0. The Hall–Kier alpha value is -2.61. The molecule has 0 aliphatic heterocycles. The number of nitrogens with one attached hydrogen (secondary N) is 2. The van der Waals surface area contributed by atoms with Gasteiger partial charge in [0.05, 0.1) is 6.04 Å². The second kappa shape index (κ2) is 8.14. The molecule has 6 N–H and O–H groups in total. The van der Waals surface area contributed by atoms with Gasteiger partial charge in [0.25, 0.3) is 0 Å². The Morgan fingerprint density at radius 3 is 2.09 bits per heavy atom. The number of nitrogens with two attached hydrogens (primary N) is 1. The minimum atomic E-state index is -1.17. The van der Waals surface area contributed by atoms with E-state index >= 15 is 0 Å². The van der Waals surface area contributed by atoms with Crippen LogP contribution < -0.4 is 16.4 Å². The summed E-state index contributed by atoms with van der Waals surface area (Å²) in [7, 11) is 0. The molecule has 0 radical (unpaired) electrons. The summed E-state index contributed by atoms with van der Waals surface area (Å²) in [5.41, 5.74) is 6.55. The number of hydrogen-bond acceptors (Lipinski definition) is 5. The third kappa shape index (κ3) is 5.95. The van der Waals surface area contributed by atoms with Crippen molar-refractivity contribution in [2.75, 3.05) is 0 Å². The molecule has 2 amide bonds. The first kappa shape index (κ1) is 18.4. The monoisotopic (exact) mass is 323 g/mol. The fraction of sp³-hybridized carbons (Fsp3) is 0.400. The fourth-order valence-electron chi connectivity index (χ4n) is 1.76. The third-order valence-corrected chi connectivity index (χ3v) is 3.21. The summed E-state index contributed by atoms with van der Waals surface area (Å²) < 4.78 is 0. The van der Waals surface area contributed by atoms with E-state index in [9.17, 15) is 19.5 Å². The summed E-state index contributed by atoms with van der Waals surface area (Å²) in [5.74, 6) is -2.18. The van der Waals surface area contributed by atoms with Crippen LogP contribution >= 0.6 is 0 Å². The molecule has 3 atom stereocenters. The van der Waals surface area contributed by atoms with E-state index < -0.39 is 35.9 Å². The second-order valence-electron chi connectivity index (χ2n) is 5.28. The van der Waals surface area contributed by atoms with E-state index in [2.05, 4.69) is 10.6 Å². The molecule has 8 nitrogen and oxygen atoms in total. The number of carbonyl (C=O) groups is 3. The van der Waals surface area contributed by atoms with Crippen LogP contribution in [0.1, 0.15) is 19.4 Å². The first-order valence-electron chi connectivity index (χ1n) is 7.07. The van der Waals surface area contributed by atoms with Crippen molar-refractivity contribution in [2.45, 2.75) is 38.4 Å². The molecule has 0 aromatic heterocycles. The number of phenols is 1. The zero-order chi connectivity index (χ0) is 17.6. The van der Waals surface area contributed by atoms with Gasteiger partial charge in [0, 0.05) is 0 Å². The van der Waals surface area contributed by atoms with E-state index in [4.69, 9.17) is 10.8 Å². The first-order chi connectivity index (χ1) is 10.7. The SMILES string of the molecule is CC(NC(=O)C(C)NC(=O)C(N)Cc1ccc(O)cc1)C(=O)O. The lowest BCUT2D eigenvalue weighted by atomic mass is 10.1. The van der Waals surface area contributed by atoms with E-state index in [1.54, 1.807) is 12.1 Å². The zero-order valence-electron chi connectivity index (χ0n) is 12.9. The molecule has 0 heterocycles. The number of carboxylic acid groups (broad SMARTS) is 1. The molecule has 1 rings (SSSR count). The molecule has 3 unspecified atom stereocenters. The molecule has 1 aromatic rings. The van der Waals surface area contributed by atoms with Gasteiger partial charge in [-0.3, -0.25) is 14.4 Å². The highest BCUT2D eigenvalue weighted by atomic mass is 16.4. The van der Waals surface area contributed by atoms with Gasteiger partial charge in [0.15, 0.2) is 0 Å². The highest BCUT2D eigenvalue weighted by Gasteiger charge is 2.22. The van der Waals surface area contributed by atoms with Crippen molar-refractivity contribution in [1.29, 1.82) is 0 Å². The number of rotatable bonds is 7. The second-order valence-corrected chi connectivity index (χ2v) is 5.28. The van der Waals surface area contributed by atoms with Gasteiger partial charge in [-0.1, -0.05) is 12.1 Å². The molecule has 0 saturated heterocycles. The van der Waals surface area contributed by atoms with Gasteiger partial charge in [0.1, 0.15) is 17.8 Å². The average Bonchev–Trinajstić information content (AvgIpc) is 2.49. The lowest BCUT2D eigenvalue weighted by Crippen LogP contribution is -2.53. The lowest BCUT2D eigenvalue weighted by Gasteiger charge is -2.18. The lowest BCUT2D eigenvalue weighted by molar-refractivity contribution is -0.141. The maximum absolute atomic E-state index is 12.0. The number of benzene rings is 1. The number of aliphatic carboxylic acids is 1. The van der Waals surface area contributed by atoms with E-state index in [1.165, 1.54) is 26.0 Å². The Balaban J connectivity index is 2.51. The molecule has 1 aromatic carbocycles. The molecule has 0 fully saturated rings. The van der Waals surface area contributed by atoms with Crippen LogP contribution in [-0.2, 0) is 20.8 Å². The van der Waals surface area contributed by atoms with Gasteiger partial charge < -0.3 is 26.6 Å². The van der Waals surface area contributed by atoms with Crippen molar-refractivity contribution in [3.8, 4) is 5.75 Å². The number of carboxylic acids is 1. The Bertz CT molecular complexity index is 573. The Morgan fingerprint density at radius 1 is 1.04 bits per heavy atom. The molecule has 0 spiro atoms. The van der Waals surface area contributed by atoms with Crippen molar-refractivity contribution in [2.24, 2.45) is 5.73 Å². The number of aromatic hydroxyl groups is 1. The number of carbonyl (C=O) groups excluding carboxylic acids is 2. The average molecular weight is 323 g/mol. The van der Waals surface area contributed by atoms with E-state index in [1.807, 2.05) is 0 Å². The normalized spacial score (nSPS) is 14.4. The summed E-state index contributed by atoms with van der Waals surface area (Å²) in [5, 5.41) is 22.6. The smallest absolute Gasteiger partial charge is 0.325 e. The number of phenolic OH excluding ortho intramolecular Hbond substituents is 1. The summed E-state index contributed by atoms with van der Waals surface area (Å²) >= 11 is 0. The van der Waals surface area contributed by atoms with Crippen molar-refractivity contribution in [3.63, 3.8) is 0 Å². The highest BCUT2D eigenvalue weighted by molar-refractivity contribution is 5.91. The van der Waals surface area contributed by atoms with Crippen LogP contribution in [0.4, 0.5) is 0 Å². The van der Waals surface area contributed by atoms with Crippen LogP contribution in [-0.4, -0.2) is 46.1 Å². The number of hydrogen-bond donors (Lipinski definition) is 5. The predicted octanol–water partition coefficient (Wildman–Crippen LogP) is -0.644. The quantitative estimate of drug-likeness (QED) is 0.452. The molecule has 126 valence electrons. The Kier molecular flexibility index (Phi) is 6.52. The van der Waals surface area contributed by atoms with Crippen molar-refractivity contribution in [1.82, 2.24) is 10.6 Å². The first-order valence-corrected chi connectivity index (χ1v) is 7.07. The summed E-state index contributed by atoms with van der Waals surface area (Å²) in [6.07, 6.45) is 0.242. The molecule has 0 aliphatic carbocycles. The standard InChI is InChI=1S/C15H21N3O5/c1-8(13(20)18-9(2)15(22)23)17-14(21)12(16)7-10-3-5-11(19)6-4-10/h3-6,8-9,12,19H,7,16H2,1-2H3,(H,17,21)(H,18,20)(H,22,23). The summed E-state index contributed by atoms with van der Waals surface area (Å²) in [4.78, 5) is 34.4. The van der Waals surface area contributed by atoms with Crippen LogP contribution in [0.5, 0.6) is 5.75 Å². The molecule has 0 saturated carbocycles. The van der Waals surface area contributed by atoms with Crippen molar-refractivity contribution in [3.05, 3.63) is 29.8 Å². The van der Waals surface area contributed by atoms with Gasteiger partial charge in [0.2, 0.25) is 11.8 Å². The number of amides is 2. The van der Waals surface area contributed by atoms with E-state index in [-0.39, 0.29) is 12.2 Å². The van der Waals surface area contributed by atoms with Crippen LogP contribution in [0, 0.1) is 0 Å². The van der Waals surface area contributed by atoms with Gasteiger partial charge in [-0.15, -0.1) is 0 Å². The Labute approximate surface area is 133 Å². The molecule has 23 heavy (non-hydrogen) atoms. The highest BCUT2D eigenvalue weighted by Crippen LogP contribution is 2.10. The van der Waals surface area contributed by atoms with Gasteiger partial charge >= 0.3 is 5.97 Å². The summed E-state index contributed by atoms with van der Waals surface area (Å²) in [6.45, 7) is 2.76. The van der Waals surface area contributed by atoms with Crippen molar-refractivity contribution < 1.29 is 24.6 Å². The van der Waals surface area contributed by atoms with Crippen LogP contribution in [0.25, 0.3) is 0 Å². The Morgan fingerprint density at radius 2 is 1.57 bits per heavy atom. The third-order valence-electron chi connectivity index (χ3n) is 3.21. The van der Waals surface area contributed by atoms with Gasteiger partial charge in [-0.25, -0.2) is 0 Å². The van der Waals surface area contributed by atoms with Crippen LogP contribution in [0.2, 0.25) is 0 Å². The molecular formula is C15H21N3O5. The largest absolute Gasteiger partial charge is 0.508 e. The van der Waals surface area contributed by atoms with Gasteiger partial charge in [-0.2, -0.15) is 0 Å².